The van der Waals surface area contributed by atoms with Crippen molar-refractivity contribution in [2.75, 3.05) is 11.9 Å². The summed E-state index contributed by atoms with van der Waals surface area (Å²) < 4.78 is 35.1. The molecule has 3 aromatic heterocycles. The topological polar surface area (TPSA) is 120 Å². The maximum Gasteiger partial charge on any atom is 0.468 e. The van der Waals surface area contributed by atoms with Gasteiger partial charge in [0.15, 0.2) is 5.69 Å². The zero-order valence-corrected chi connectivity index (χ0v) is 26.7. The van der Waals surface area contributed by atoms with Crippen molar-refractivity contribution >= 4 is 55.0 Å². The third-order valence-corrected chi connectivity index (χ3v) is 9.88. The number of rotatable bonds is 7. The standard InChI is InChI=1S/C36H28N7O4S/c1-24-7-14-30(15-8-24)48(45,46)47-43(29-12-9-25(10-13-29)21-42-23-37-22-40-42)35-31-18-26(28-17-27-5-3-4-6-32(27)38-19-28)11-16-33(31)39-20-34(35)41(2)36(43)44/h3-20,22-23H,21H2,1-2H3/q+1. The van der Waals surface area contributed by atoms with Gasteiger partial charge in [-0.1, -0.05) is 54.1 Å². The van der Waals surface area contributed by atoms with Crippen LogP contribution in [0.15, 0.2) is 127 Å². The minimum absolute atomic E-state index is 0.0707. The fourth-order valence-electron chi connectivity index (χ4n) is 6.12. The van der Waals surface area contributed by atoms with Crippen LogP contribution in [0.2, 0.25) is 0 Å². The number of hydroxylamine groups is 1. The summed E-state index contributed by atoms with van der Waals surface area (Å²) in [6, 6.07) is 28.4. The second kappa shape index (κ2) is 11.2. The zero-order valence-electron chi connectivity index (χ0n) is 25.9. The van der Waals surface area contributed by atoms with E-state index in [1.54, 1.807) is 54.7 Å². The number of para-hydroxylation sites is 1. The number of pyridine rings is 2. The van der Waals surface area contributed by atoms with Gasteiger partial charge in [0.1, 0.15) is 18.3 Å². The lowest BCUT2D eigenvalue weighted by Gasteiger charge is -2.27. The number of fused-ring (bicyclic) bond motifs is 4. The SMILES string of the molecule is Cc1ccc(S(=O)(=O)O[N+]2(c3ccc(Cn4cncn4)cc3)C(=O)N(C)c3cnc4ccc(-c5cnc6ccccc6c5)cc4c32)cc1. The second-order valence-electron chi connectivity index (χ2n) is 11.7. The van der Waals surface area contributed by atoms with E-state index in [1.807, 2.05) is 67.6 Å². The summed E-state index contributed by atoms with van der Waals surface area (Å²) in [7, 11) is -2.91. The number of amides is 2. The summed E-state index contributed by atoms with van der Waals surface area (Å²) in [6.07, 6.45) is 6.44. The minimum atomic E-state index is -4.50. The number of aryl methyl sites for hydroxylation is 1. The highest BCUT2D eigenvalue weighted by molar-refractivity contribution is 7.86. The highest BCUT2D eigenvalue weighted by atomic mass is 32.2. The Morgan fingerprint density at radius 1 is 0.833 bits per heavy atom. The average molecular weight is 655 g/mol. The van der Waals surface area contributed by atoms with Gasteiger partial charge in [0.2, 0.25) is 5.69 Å². The van der Waals surface area contributed by atoms with Crippen LogP contribution in [-0.4, -0.2) is 46.2 Å². The lowest BCUT2D eigenvalue weighted by atomic mass is 10.0. The summed E-state index contributed by atoms with van der Waals surface area (Å²) in [4.78, 5) is 29.2. The Bertz CT molecular complexity index is 2470. The molecule has 11 nitrogen and oxygen atoms in total. The Balaban J connectivity index is 1.35. The molecule has 4 heterocycles. The van der Waals surface area contributed by atoms with Crippen molar-refractivity contribution in [3.63, 3.8) is 0 Å². The molecule has 4 aromatic carbocycles. The predicted molar refractivity (Wildman–Crippen MR) is 183 cm³/mol. The number of hydrogen-bond acceptors (Lipinski definition) is 8. The quantitative estimate of drug-likeness (QED) is 0.170. The summed E-state index contributed by atoms with van der Waals surface area (Å²) in [5.74, 6) is 0. The monoisotopic (exact) mass is 654 g/mol. The van der Waals surface area contributed by atoms with Gasteiger partial charge in [-0.25, -0.2) is 14.5 Å². The third-order valence-electron chi connectivity index (χ3n) is 8.61. The van der Waals surface area contributed by atoms with Crippen molar-refractivity contribution in [3.05, 3.63) is 133 Å². The van der Waals surface area contributed by atoms with E-state index in [-0.39, 0.29) is 4.90 Å². The van der Waals surface area contributed by atoms with Crippen molar-refractivity contribution in [2.45, 2.75) is 18.4 Å². The first kappa shape index (κ1) is 29.6. The highest BCUT2D eigenvalue weighted by Crippen LogP contribution is 2.53. The molecule has 1 atom stereocenters. The zero-order chi connectivity index (χ0) is 33.0. The molecule has 8 rings (SSSR count). The van der Waals surface area contributed by atoms with Gasteiger partial charge in [-0.05, 0) is 63.4 Å². The van der Waals surface area contributed by atoms with Crippen LogP contribution in [0.5, 0.6) is 0 Å². The molecule has 0 N–H and O–H groups in total. The minimum Gasteiger partial charge on any atom is -0.256 e. The predicted octanol–water partition coefficient (Wildman–Crippen LogP) is 6.93. The van der Waals surface area contributed by atoms with Crippen LogP contribution in [0.3, 0.4) is 0 Å². The molecular weight excluding hydrogens is 627 g/mol. The fraction of sp³-hybridized carbons (Fsp3) is 0.0833. The van der Waals surface area contributed by atoms with Crippen LogP contribution < -0.4 is 9.55 Å². The number of hydrogen-bond donors (Lipinski definition) is 0. The molecule has 0 bridgehead atoms. The van der Waals surface area contributed by atoms with Crippen molar-refractivity contribution in [2.24, 2.45) is 0 Å². The lowest BCUT2D eigenvalue weighted by molar-refractivity contribution is 0.0639. The summed E-state index contributed by atoms with van der Waals surface area (Å²) in [5, 5.41) is 5.71. The van der Waals surface area contributed by atoms with Crippen molar-refractivity contribution < 1.29 is 17.5 Å². The number of anilines is 1. The first-order valence-corrected chi connectivity index (χ1v) is 16.5. The molecule has 1 aliphatic heterocycles. The molecule has 236 valence electrons. The molecule has 0 fully saturated rings. The van der Waals surface area contributed by atoms with Gasteiger partial charge in [-0.15, -0.1) is 0 Å². The molecule has 1 aliphatic rings. The first-order valence-electron chi connectivity index (χ1n) is 15.1. The Kier molecular flexibility index (Phi) is 6.88. The molecule has 2 amide bonds. The van der Waals surface area contributed by atoms with E-state index < -0.39 is 20.8 Å². The van der Waals surface area contributed by atoms with Crippen LogP contribution in [-0.2, 0) is 20.9 Å². The Labute approximate surface area is 276 Å². The van der Waals surface area contributed by atoms with Crippen molar-refractivity contribution in [1.29, 1.82) is 0 Å². The number of benzene rings is 4. The first-order chi connectivity index (χ1) is 23.2. The molecule has 48 heavy (non-hydrogen) atoms. The summed E-state index contributed by atoms with van der Waals surface area (Å²) >= 11 is 0. The maximum absolute atomic E-state index is 14.6. The summed E-state index contributed by atoms with van der Waals surface area (Å²) in [6.45, 7) is 2.30. The molecule has 0 radical (unpaired) electrons. The molecular formula is C36H28N7O4S+. The average Bonchev–Trinajstić information content (AvgIpc) is 3.69. The largest absolute Gasteiger partial charge is 0.468 e. The van der Waals surface area contributed by atoms with Gasteiger partial charge in [0.05, 0.1) is 34.1 Å². The Hall–Kier alpha value is -5.82. The molecule has 0 saturated heterocycles. The van der Waals surface area contributed by atoms with E-state index in [2.05, 4.69) is 20.1 Å². The van der Waals surface area contributed by atoms with Crippen LogP contribution in [0.25, 0.3) is 32.9 Å². The Morgan fingerprint density at radius 3 is 2.38 bits per heavy atom. The number of carbonyl (C=O) groups excluding carboxylic acids is 1. The smallest absolute Gasteiger partial charge is 0.256 e. The number of urea groups is 1. The molecule has 1 unspecified atom stereocenters. The van der Waals surface area contributed by atoms with Gasteiger partial charge in [-0.3, -0.25) is 14.9 Å². The number of quaternary nitrogens is 1. The Morgan fingerprint density at radius 2 is 1.60 bits per heavy atom. The van der Waals surface area contributed by atoms with E-state index in [0.717, 1.165) is 33.2 Å². The van der Waals surface area contributed by atoms with Crippen LogP contribution in [0.4, 0.5) is 21.9 Å². The molecule has 0 aliphatic carbocycles. The third kappa shape index (κ3) is 4.82. The van der Waals surface area contributed by atoms with Gasteiger partial charge in [-0.2, -0.15) is 13.5 Å². The number of nitrogens with zero attached hydrogens (tertiary/aromatic N) is 7. The highest BCUT2D eigenvalue weighted by Gasteiger charge is 2.60. The van der Waals surface area contributed by atoms with Crippen LogP contribution >= 0.6 is 0 Å². The van der Waals surface area contributed by atoms with E-state index in [4.69, 9.17) is 4.28 Å². The molecule has 0 saturated carbocycles. The fourth-order valence-corrected chi connectivity index (χ4v) is 7.20. The van der Waals surface area contributed by atoms with Gasteiger partial charge >= 0.3 is 16.1 Å². The van der Waals surface area contributed by atoms with Gasteiger partial charge in [0, 0.05) is 36.3 Å². The number of carbonyl (C=O) groups is 1. The van der Waals surface area contributed by atoms with Crippen LogP contribution in [0, 0.1) is 6.92 Å². The van der Waals surface area contributed by atoms with E-state index in [1.165, 1.54) is 23.4 Å². The maximum atomic E-state index is 14.6. The van der Waals surface area contributed by atoms with Crippen LogP contribution in [0.1, 0.15) is 11.1 Å². The second-order valence-corrected chi connectivity index (χ2v) is 13.2. The lowest BCUT2D eigenvalue weighted by Crippen LogP contribution is -2.51. The van der Waals surface area contributed by atoms with E-state index in [0.29, 0.717) is 34.5 Å². The van der Waals surface area contributed by atoms with E-state index in [9.17, 15) is 13.2 Å². The normalized spacial score (nSPS) is 16.1. The van der Waals surface area contributed by atoms with Gasteiger partial charge in [0.25, 0.3) is 0 Å². The molecule has 7 aromatic rings. The van der Waals surface area contributed by atoms with Gasteiger partial charge < -0.3 is 0 Å². The van der Waals surface area contributed by atoms with Crippen molar-refractivity contribution in [3.8, 4) is 11.1 Å². The molecule has 12 heteroatoms. The summed E-state index contributed by atoms with van der Waals surface area (Å²) in [5.41, 5.74) is 5.93. The van der Waals surface area contributed by atoms with E-state index >= 15 is 0 Å². The molecule has 0 spiro atoms. The number of aromatic nitrogens is 5. The van der Waals surface area contributed by atoms with Crippen molar-refractivity contribution in [1.82, 2.24) is 29.4 Å².